The SMILES string of the molecule is COC(=O)CC(C)SCCOc1cc(C)cc(C)c1. The molecule has 0 saturated heterocycles. The second-order valence-electron chi connectivity index (χ2n) is 4.63. The van der Waals surface area contributed by atoms with Crippen molar-refractivity contribution in [2.24, 2.45) is 0 Å². The second kappa shape index (κ2) is 8.10. The van der Waals surface area contributed by atoms with Gasteiger partial charge in [0, 0.05) is 11.0 Å². The predicted molar refractivity (Wildman–Crippen MR) is 80.0 cm³/mol. The zero-order valence-corrected chi connectivity index (χ0v) is 12.9. The third-order valence-electron chi connectivity index (χ3n) is 2.63. The molecule has 0 aliphatic rings. The van der Waals surface area contributed by atoms with E-state index in [0.29, 0.717) is 13.0 Å². The number of methoxy groups -OCH3 is 1. The molecular formula is C15H22O3S. The number of hydrogen-bond donors (Lipinski definition) is 0. The number of esters is 1. The minimum Gasteiger partial charge on any atom is -0.493 e. The summed E-state index contributed by atoms with van der Waals surface area (Å²) in [5, 5.41) is 0.260. The monoisotopic (exact) mass is 282 g/mol. The molecule has 0 heterocycles. The van der Waals surface area contributed by atoms with E-state index in [2.05, 4.69) is 24.7 Å². The minimum atomic E-state index is -0.157. The van der Waals surface area contributed by atoms with Crippen molar-refractivity contribution in [3.63, 3.8) is 0 Å². The molecule has 0 saturated carbocycles. The van der Waals surface area contributed by atoms with Crippen LogP contribution in [0.25, 0.3) is 0 Å². The van der Waals surface area contributed by atoms with Crippen LogP contribution in [0.5, 0.6) is 5.75 Å². The molecule has 0 fully saturated rings. The summed E-state index contributed by atoms with van der Waals surface area (Å²) in [7, 11) is 1.42. The van der Waals surface area contributed by atoms with Gasteiger partial charge >= 0.3 is 5.97 Å². The van der Waals surface area contributed by atoms with Gasteiger partial charge in [0.1, 0.15) is 5.75 Å². The van der Waals surface area contributed by atoms with Crippen LogP contribution >= 0.6 is 11.8 Å². The summed E-state index contributed by atoms with van der Waals surface area (Å²) in [6, 6.07) is 6.20. The molecule has 19 heavy (non-hydrogen) atoms. The Morgan fingerprint density at radius 3 is 2.47 bits per heavy atom. The summed E-state index contributed by atoms with van der Waals surface area (Å²) < 4.78 is 10.4. The number of carbonyl (C=O) groups is 1. The molecule has 0 amide bonds. The van der Waals surface area contributed by atoms with Gasteiger partial charge in [0.15, 0.2) is 0 Å². The van der Waals surface area contributed by atoms with Crippen molar-refractivity contribution < 1.29 is 14.3 Å². The quantitative estimate of drug-likeness (QED) is 0.567. The van der Waals surface area contributed by atoms with E-state index in [4.69, 9.17) is 4.74 Å². The normalized spacial score (nSPS) is 12.0. The van der Waals surface area contributed by atoms with Crippen LogP contribution in [0.15, 0.2) is 18.2 Å². The topological polar surface area (TPSA) is 35.5 Å². The molecule has 0 aliphatic carbocycles. The van der Waals surface area contributed by atoms with Crippen molar-refractivity contribution in [1.82, 2.24) is 0 Å². The van der Waals surface area contributed by atoms with E-state index in [9.17, 15) is 4.79 Å². The van der Waals surface area contributed by atoms with Crippen LogP contribution in [0.2, 0.25) is 0 Å². The number of thioether (sulfide) groups is 1. The summed E-state index contributed by atoms with van der Waals surface area (Å²) in [6.45, 7) is 6.80. The molecule has 1 aromatic rings. The minimum absolute atomic E-state index is 0.157. The van der Waals surface area contributed by atoms with Gasteiger partial charge in [-0.15, -0.1) is 0 Å². The highest BCUT2D eigenvalue weighted by molar-refractivity contribution is 7.99. The highest BCUT2D eigenvalue weighted by Gasteiger charge is 2.09. The van der Waals surface area contributed by atoms with Crippen LogP contribution in [-0.4, -0.2) is 30.7 Å². The summed E-state index contributed by atoms with van der Waals surface area (Å²) in [5.41, 5.74) is 2.42. The van der Waals surface area contributed by atoms with Crippen molar-refractivity contribution in [3.8, 4) is 5.75 Å². The molecule has 4 heteroatoms. The highest BCUT2D eigenvalue weighted by atomic mass is 32.2. The standard InChI is InChI=1S/C15H22O3S/c1-11-7-12(2)9-14(8-11)18-5-6-19-13(3)10-15(16)17-4/h7-9,13H,5-6,10H2,1-4H3. The fourth-order valence-corrected chi connectivity index (χ4v) is 2.64. The summed E-state index contributed by atoms with van der Waals surface area (Å²) in [6.07, 6.45) is 0.449. The van der Waals surface area contributed by atoms with Crippen LogP contribution in [0.3, 0.4) is 0 Å². The number of benzene rings is 1. The number of carbonyl (C=O) groups excluding carboxylic acids is 1. The molecule has 1 rings (SSSR count). The second-order valence-corrected chi connectivity index (χ2v) is 6.18. The van der Waals surface area contributed by atoms with Crippen LogP contribution < -0.4 is 4.74 Å². The van der Waals surface area contributed by atoms with Crippen molar-refractivity contribution >= 4 is 17.7 Å². The molecule has 0 radical (unpaired) electrons. The Morgan fingerprint density at radius 2 is 1.89 bits per heavy atom. The van der Waals surface area contributed by atoms with Gasteiger partial charge in [0.2, 0.25) is 0 Å². The molecular weight excluding hydrogens is 260 g/mol. The zero-order chi connectivity index (χ0) is 14.3. The zero-order valence-electron chi connectivity index (χ0n) is 12.1. The number of rotatable bonds is 7. The summed E-state index contributed by atoms with van der Waals surface area (Å²) >= 11 is 1.72. The lowest BCUT2D eigenvalue weighted by molar-refractivity contribution is -0.140. The molecule has 0 N–H and O–H groups in total. The molecule has 0 bridgehead atoms. The molecule has 3 nitrogen and oxygen atoms in total. The van der Waals surface area contributed by atoms with Crippen molar-refractivity contribution in [1.29, 1.82) is 0 Å². The Kier molecular flexibility index (Phi) is 6.78. The third-order valence-corrected chi connectivity index (χ3v) is 3.77. The van der Waals surface area contributed by atoms with Crippen LogP contribution in [-0.2, 0) is 9.53 Å². The van der Waals surface area contributed by atoms with Crippen molar-refractivity contribution in [2.75, 3.05) is 19.5 Å². The maximum Gasteiger partial charge on any atom is 0.306 e. The van der Waals surface area contributed by atoms with Crippen LogP contribution in [0, 0.1) is 13.8 Å². The number of aryl methyl sites for hydroxylation is 2. The predicted octanol–water partition coefficient (Wildman–Crippen LogP) is 3.37. The number of hydrogen-bond acceptors (Lipinski definition) is 4. The van der Waals surface area contributed by atoms with E-state index < -0.39 is 0 Å². The fourth-order valence-electron chi connectivity index (χ4n) is 1.80. The Bertz CT molecular complexity index is 398. The Hall–Kier alpha value is -1.16. The molecule has 1 unspecified atom stereocenters. The van der Waals surface area contributed by atoms with Gasteiger partial charge in [-0.1, -0.05) is 13.0 Å². The lowest BCUT2D eigenvalue weighted by Crippen LogP contribution is -2.11. The largest absolute Gasteiger partial charge is 0.493 e. The van der Waals surface area contributed by atoms with E-state index >= 15 is 0 Å². The fraction of sp³-hybridized carbons (Fsp3) is 0.533. The Balaban J connectivity index is 2.25. The first-order valence-corrected chi connectivity index (χ1v) is 7.45. The number of ether oxygens (including phenoxy) is 2. The van der Waals surface area contributed by atoms with E-state index in [1.165, 1.54) is 18.2 Å². The van der Waals surface area contributed by atoms with Gasteiger partial charge in [0.25, 0.3) is 0 Å². The lowest BCUT2D eigenvalue weighted by Gasteiger charge is -2.11. The van der Waals surface area contributed by atoms with Gasteiger partial charge in [-0.05, 0) is 37.1 Å². The molecule has 1 atom stereocenters. The Morgan fingerprint density at radius 1 is 1.26 bits per heavy atom. The lowest BCUT2D eigenvalue weighted by atomic mass is 10.1. The maximum atomic E-state index is 11.1. The van der Waals surface area contributed by atoms with Crippen molar-refractivity contribution in [3.05, 3.63) is 29.3 Å². The van der Waals surface area contributed by atoms with Crippen LogP contribution in [0.1, 0.15) is 24.5 Å². The average Bonchev–Trinajstić information content (AvgIpc) is 2.33. The van der Waals surface area contributed by atoms with E-state index in [1.807, 2.05) is 19.1 Å². The molecule has 0 spiro atoms. The first kappa shape index (κ1) is 15.9. The van der Waals surface area contributed by atoms with Gasteiger partial charge in [-0.3, -0.25) is 4.79 Å². The average molecular weight is 282 g/mol. The molecule has 1 aromatic carbocycles. The smallest absolute Gasteiger partial charge is 0.306 e. The van der Waals surface area contributed by atoms with Gasteiger partial charge in [-0.25, -0.2) is 0 Å². The Labute approximate surface area is 119 Å². The van der Waals surface area contributed by atoms with E-state index in [1.54, 1.807) is 11.8 Å². The van der Waals surface area contributed by atoms with Gasteiger partial charge < -0.3 is 9.47 Å². The third kappa shape index (κ3) is 6.53. The van der Waals surface area contributed by atoms with Crippen molar-refractivity contribution in [2.45, 2.75) is 32.4 Å². The first-order chi connectivity index (χ1) is 9.01. The highest BCUT2D eigenvalue weighted by Crippen LogP contribution is 2.18. The summed E-state index contributed by atoms with van der Waals surface area (Å²) in [4.78, 5) is 11.1. The van der Waals surface area contributed by atoms with Gasteiger partial charge in [-0.2, -0.15) is 11.8 Å². The first-order valence-electron chi connectivity index (χ1n) is 6.40. The van der Waals surface area contributed by atoms with E-state index in [0.717, 1.165) is 11.5 Å². The molecule has 106 valence electrons. The summed E-state index contributed by atoms with van der Waals surface area (Å²) in [5.74, 6) is 1.62. The molecule has 0 aliphatic heterocycles. The van der Waals surface area contributed by atoms with E-state index in [-0.39, 0.29) is 11.2 Å². The van der Waals surface area contributed by atoms with Crippen LogP contribution in [0.4, 0.5) is 0 Å². The van der Waals surface area contributed by atoms with Gasteiger partial charge in [0.05, 0.1) is 20.1 Å². The molecule has 0 aromatic heterocycles. The maximum absolute atomic E-state index is 11.1.